The van der Waals surface area contributed by atoms with Crippen molar-refractivity contribution in [3.8, 4) is 0 Å². The molecule has 7 atom stereocenters. The van der Waals surface area contributed by atoms with E-state index in [1.807, 2.05) is 6.08 Å². The number of hydrogen-bond donors (Lipinski definition) is 2. The lowest BCUT2D eigenvalue weighted by atomic mass is 9.49. The van der Waals surface area contributed by atoms with Gasteiger partial charge in [0.05, 0.1) is 12.2 Å². The molecular formula is C19H28O2. The molecule has 2 fully saturated rings. The standard InChI is InChI=1S/C19H28O2/c1-18-9-7-13(20)11-12(18)3-4-14-15-5-6-17(21)19(15,2)10-8-16(14)18/h3,7,9,13-17,20-21H,4-6,8,10-11H2,1-2H3/t13-,14-,15-,16-,17+,18-,19-/m0/s1. The van der Waals surface area contributed by atoms with Gasteiger partial charge in [-0.3, -0.25) is 0 Å². The largest absolute Gasteiger partial charge is 0.393 e. The Morgan fingerprint density at radius 3 is 2.71 bits per heavy atom. The van der Waals surface area contributed by atoms with Gasteiger partial charge in [0.2, 0.25) is 0 Å². The van der Waals surface area contributed by atoms with Crippen molar-refractivity contribution in [1.29, 1.82) is 0 Å². The third-order valence-corrected chi connectivity index (χ3v) is 7.58. The second kappa shape index (κ2) is 4.45. The molecule has 2 nitrogen and oxygen atoms in total. The molecule has 2 N–H and O–H groups in total. The van der Waals surface area contributed by atoms with Gasteiger partial charge in [0.25, 0.3) is 0 Å². The molecule has 0 aromatic rings. The fourth-order valence-electron chi connectivity index (χ4n) is 6.21. The van der Waals surface area contributed by atoms with Gasteiger partial charge in [-0.05, 0) is 61.7 Å². The lowest BCUT2D eigenvalue weighted by molar-refractivity contribution is -0.0551. The Labute approximate surface area is 127 Å². The minimum absolute atomic E-state index is 0.0923. The van der Waals surface area contributed by atoms with Gasteiger partial charge in [0, 0.05) is 5.41 Å². The molecule has 2 heteroatoms. The molecule has 0 bridgehead atoms. The summed E-state index contributed by atoms with van der Waals surface area (Å²) in [6.07, 6.45) is 12.9. The van der Waals surface area contributed by atoms with E-state index in [4.69, 9.17) is 0 Å². The maximum Gasteiger partial charge on any atom is 0.0758 e. The Morgan fingerprint density at radius 2 is 1.90 bits per heavy atom. The second-order valence-electron chi connectivity index (χ2n) is 8.39. The molecule has 0 unspecified atom stereocenters. The van der Waals surface area contributed by atoms with Crippen LogP contribution in [0.1, 0.15) is 52.4 Å². The first-order chi connectivity index (χ1) is 9.95. The van der Waals surface area contributed by atoms with Crippen LogP contribution in [0.4, 0.5) is 0 Å². The van der Waals surface area contributed by atoms with Gasteiger partial charge in [-0.15, -0.1) is 0 Å². The number of allylic oxidation sites excluding steroid dienone is 2. The normalized spacial score (nSPS) is 55.4. The van der Waals surface area contributed by atoms with E-state index in [9.17, 15) is 10.2 Å². The van der Waals surface area contributed by atoms with Crippen LogP contribution in [0.5, 0.6) is 0 Å². The zero-order valence-electron chi connectivity index (χ0n) is 13.3. The number of aliphatic hydroxyl groups excluding tert-OH is 2. The monoisotopic (exact) mass is 288 g/mol. The summed E-state index contributed by atoms with van der Waals surface area (Å²) in [6, 6.07) is 0. The van der Waals surface area contributed by atoms with Crippen molar-refractivity contribution in [3.05, 3.63) is 23.8 Å². The molecule has 4 aliphatic carbocycles. The van der Waals surface area contributed by atoms with Gasteiger partial charge in [0.1, 0.15) is 0 Å². The van der Waals surface area contributed by atoms with Crippen molar-refractivity contribution >= 4 is 0 Å². The summed E-state index contributed by atoms with van der Waals surface area (Å²) in [5.74, 6) is 2.10. The van der Waals surface area contributed by atoms with Crippen LogP contribution in [0.2, 0.25) is 0 Å². The Morgan fingerprint density at radius 1 is 1.10 bits per heavy atom. The van der Waals surface area contributed by atoms with Crippen LogP contribution < -0.4 is 0 Å². The molecule has 0 spiro atoms. The Kier molecular flexibility index (Phi) is 2.97. The van der Waals surface area contributed by atoms with Crippen molar-refractivity contribution < 1.29 is 10.2 Å². The lowest BCUT2D eigenvalue weighted by Gasteiger charge is -2.56. The third kappa shape index (κ3) is 1.78. The molecule has 0 heterocycles. The van der Waals surface area contributed by atoms with E-state index >= 15 is 0 Å². The van der Waals surface area contributed by atoms with Gasteiger partial charge in [-0.2, -0.15) is 0 Å². The molecule has 0 saturated heterocycles. The summed E-state index contributed by atoms with van der Waals surface area (Å²) in [4.78, 5) is 0. The fraction of sp³-hybridized carbons (Fsp3) is 0.789. The van der Waals surface area contributed by atoms with Crippen molar-refractivity contribution in [2.75, 3.05) is 0 Å². The minimum Gasteiger partial charge on any atom is -0.393 e. The van der Waals surface area contributed by atoms with E-state index in [2.05, 4.69) is 26.0 Å². The van der Waals surface area contributed by atoms with Gasteiger partial charge < -0.3 is 10.2 Å². The van der Waals surface area contributed by atoms with Crippen LogP contribution in [0, 0.1) is 28.6 Å². The van der Waals surface area contributed by atoms with Gasteiger partial charge in [-0.1, -0.05) is 37.6 Å². The first-order valence-electron chi connectivity index (χ1n) is 8.70. The Balaban J connectivity index is 1.71. The summed E-state index contributed by atoms with van der Waals surface area (Å²) in [5.41, 5.74) is 1.76. The van der Waals surface area contributed by atoms with E-state index in [0.29, 0.717) is 11.8 Å². The van der Waals surface area contributed by atoms with Crippen molar-refractivity contribution in [2.24, 2.45) is 28.6 Å². The Bertz CT molecular complexity index is 508. The van der Waals surface area contributed by atoms with Crippen LogP contribution >= 0.6 is 0 Å². The van der Waals surface area contributed by atoms with Gasteiger partial charge in [0.15, 0.2) is 0 Å². The molecule has 0 amide bonds. The van der Waals surface area contributed by atoms with Crippen LogP contribution in [0.15, 0.2) is 23.8 Å². The van der Waals surface area contributed by atoms with E-state index in [1.54, 1.807) is 0 Å². The molecule has 0 radical (unpaired) electrons. The molecule has 4 rings (SSSR count). The zero-order valence-corrected chi connectivity index (χ0v) is 13.3. The molecule has 116 valence electrons. The molecule has 0 aromatic heterocycles. The van der Waals surface area contributed by atoms with E-state index in [-0.39, 0.29) is 23.0 Å². The SMILES string of the molecule is C[C@]12CC[C@H]3[C@@H](CC=C4C[C@@H](O)C=C[C@@]43C)[C@@H]1CC[C@H]2O. The highest BCUT2D eigenvalue weighted by atomic mass is 16.3. The summed E-state index contributed by atoms with van der Waals surface area (Å²) < 4.78 is 0. The van der Waals surface area contributed by atoms with Crippen molar-refractivity contribution in [1.82, 2.24) is 0 Å². The van der Waals surface area contributed by atoms with Gasteiger partial charge in [-0.25, -0.2) is 0 Å². The fourth-order valence-corrected chi connectivity index (χ4v) is 6.21. The summed E-state index contributed by atoms with van der Waals surface area (Å²) in [6.45, 7) is 4.71. The number of fused-ring (bicyclic) bond motifs is 5. The van der Waals surface area contributed by atoms with Crippen molar-refractivity contribution in [2.45, 2.75) is 64.6 Å². The van der Waals surface area contributed by atoms with Crippen LogP contribution in [0.3, 0.4) is 0 Å². The summed E-state index contributed by atoms with van der Waals surface area (Å²) >= 11 is 0. The summed E-state index contributed by atoms with van der Waals surface area (Å²) in [7, 11) is 0. The average Bonchev–Trinajstić information content (AvgIpc) is 2.76. The van der Waals surface area contributed by atoms with E-state index < -0.39 is 0 Å². The first-order valence-corrected chi connectivity index (χ1v) is 8.70. The highest BCUT2D eigenvalue weighted by molar-refractivity contribution is 5.32. The third-order valence-electron chi connectivity index (χ3n) is 7.58. The molecule has 0 aliphatic heterocycles. The predicted molar refractivity (Wildman–Crippen MR) is 83.6 cm³/mol. The lowest BCUT2D eigenvalue weighted by Crippen LogP contribution is -2.50. The van der Waals surface area contributed by atoms with Crippen LogP contribution in [0.25, 0.3) is 0 Å². The molecule has 0 aromatic carbocycles. The minimum atomic E-state index is -0.289. The number of aliphatic hydroxyl groups is 2. The number of rotatable bonds is 0. The number of hydrogen-bond acceptors (Lipinski definition) is 2. The van der Waals surface area contributed by atoms with Crippen molar-refractivity contribution in [3.63, 3.8) is 0 Å². The highest BCUT2D eigenvalue weighted by Gasteiger charge is 2.57. The summed E-state index contributed by atoms with van der Waals surface area (Å²) in [5, 5.41) is 20.4. The predicted octanol–water partition coefficient (Wildman–Crippen LogP) is 3.45. The van der Waals surface area contributed by atoms with Gasteiger partial charge >= 0.3 is 0 Å². The second-order valence-corrected chi connectivity index (χ2v) is 8.39. The Hall–Kier alpha value is -0.600. The zero-order chi connectivity index (χ0) is 14.8. The first kappa shape index (κ1) is 14.0. The highest BCUT2D eigenvalue weighted by Crippen LogP contribution is 2.63. The quantitative estimate of drug-likeness (QED) is 0.670. The van der Waals surface area contributed by atoms with Crippen LogP contribution in [-0.4, -0.2) is 22.4 Å². The molecular weight excluding hydrogens is 260 g/mol. The smallest absolute Gasteiger partial charge is 0.0758 e. The molecule has 2 saturated carbocycles. The van der Waals surface area contributed by atoms with Crippen LogP contribution in [-0.2, 0) is 0 Å². The molecule has 21 heavy (non-hydrogen) atoms. The molecule has 4 aliphatic rings. The average molecular weight is 288 g/mol. The van der Waals surface area contributed by atoms with E-state index in [0.717, 1.165) is 25.2 Å². The maximum atomic E-state index is 10.4. The maximum absolute atomic E-state index is 10.4. The van der Waals surface area contributed by atoms with E-state index in [1.165, 1.54) is 24.8 Å². The topological polar surface area (TPSA) is 40.5 Å².